The van der Waals surface area contributed by atoms with Crippen molar-refractivity contribution in [1.29, 1.82) is 0 Å². The number of aliphatic imine (C=N–C) groups is 1. The molecule has 0 atom stereocenters. The fourth-order valence-electron chi connectivity index (χ4n) is 3.40. The minimum Gasteiger partial charge on any atom is -0.466 e. The Morgan fingerprint density at radius 1 is 1.19 bits per heavy atom. The molecule has 1 heterocycles. The summed E-state index contributed by atoms with van der Waals surface area (Å²) in [4.78, 5) is 18.5. The monoisotopic (exact) mass is 359 g/mol. The van der Waals surface area contributed by atoms with Gasteiger partial charge in [-0.15, -0.1) is 0 Å². The van der Waals surface area contributed by atoms with Gasteiger partial charge in [-0.2, -0.15) is 0 Å². The van der Waals surface area contributed by atoms with Crippen molar-refractivity contribution in [2.45, 2.75) is 45.4 Å². The quantitative estimate of drug-likeness (QED) is 0.335. The van der Waals surface area contributed by atoms with Crippen molar-refractivity contribution in [3.8, 4) is 0 Å². The number of unbranched alkanes of at least 4 members (excludes halogenated alkanes) is 2. The molecule has 2 rings (SSSR count). The molecule has 1 aromatic rings. The molecule has 0 saturated carbocycles. The van der Waals surface area contributed by atoms with Crippen LogP contribution >= 0.6 is 0 Å². The summed E-state index contributed by atoms with van der Waals surface area (Å²) >= 11 is 0. The molecule has 0 amide bonds. The van der Waals surface area contributed by atoms with Crippen LogP contribution in [0.5, 0.6) is 0 Å². The molecule has 0 spiro atoms. The second kappa shape index (κ2) is 11.6. The maximum absolute atomic E-state index is 11.8. The van der Waals surface area contributed by atoms with Crippen LogP contribution in [0.4, 0.5) is 0 Å². The number of carbonyl (C=O) groups excluding carboxylic acids is 1. The summed E-state index contributed by atoms with van der Waals surface area (Å²) in [6.07, 6.45) is 6.41. The smallest absolute Gasteiger partial charge is 0.309 e. The van der Waals surface area contributed by atoms with Crippen molar-refractivity contribution < 1.29 is 9.53 Å². The minimum atomic E-state index is -0.0477. The zero-order valence-corrected chi connectivity index (χ0v) is 16.2. The number of aryl methyl sites for hydroxylation is 1. The number of nitrogens with zero attached hydrogens (tertiary/aromatic N) is 2. The number of hydrogen-bond acceptors (Lipinski definition) is 3. The first-order valence-corrected chi connectivity index (χ1v) is 9.90. The van der Waals surface area contributed by atoms with Gasteiger partial charge in [-0.1, -0.05) is 36.8 Å². The summed E-state index contributed by atoms with van der Waals surface area (Å²) in [5.74, 6) is 0.950. The molecule has 1 N–H and O–H groups in total. The number of hydrogen-bond donors (Lipinski definition) is 1. The highest BCUT2D eigenvalue weighted by Crippen LogP contribution is 2.18. The van der Waals surface area contributed by atoms with Gasteiger partial charge in [-0.05, 0) is 44.6 Å². The van der Waals surface area contributed by atoms with E-state index in [-0.39, 0.29) is 11.9 Å². The molecule has 1 aromatic carbocycles. The highest BCUT2D eigenvalue weighted by atomic mass is 16.5. The van der Waals surface area contributed by atoms with Crippen molar-refractivity contribution in [2.75, 3.05) is 33.3 Å². The molecule has 1 fully saturated rings. The van der Waals surface area contributed by atoms with E-state index in [0.717, 1.165) is 51.3 Å². The zero-order chi connectivity index (χ0) is 18.6. The molecule has 5 nitrogen and oxygen atoms in total. The number of benzene rings is 1. The van der Waals surface area contributed by atoms with Crippen molar-refractivity contribution in [3.05, 3.63) is 35.9 Å². The van der Waals surface area contributed by atoms with Crippen LogP contribution in [0.3, 0.4) is 0 Å². The van der Waals surface area contributed by atoms with Gasteiger partial charge in [0, 0.05) is 26.7 Å². The summed E-state index contributed by atoms with van der Waals surface area (Å²) in [6, 6.07) is 10.7. The number of rotatable bonds is 8. The first-order chi connectivity index (χ1) is 12.7. The van der Waals surface area contributed by atoms with Crippen LogP contribution in [0.2, 0.25) is 0 Å². The molecule has 0 aromatic heterocycles. The zero-order valence-electron chi connectivity index (χ0n) is 16.2. The molecule has 1 aliphatic rings. The van der Waals surface area contributed by atoms with E-state index in [4.69, 9.17) is 4.74 Å². The lowest BCUT2D eigenvalue weighted by Crippen LogP contribution is -2.46. The molecule has 0 unspecified atom stereocenters. The van der Waals surface area contributed by atoms with E-state index in [1.807, 2.05) is 14.0 Å². The first kappa shape index (κ1) is 20.3. The molecule has 5 heteroatoms. The number of esters is 1. The van der Waals surface area contributed by atoms with Gasteiger partial charge < -0.3 is 15.0 Å². The van der Waals surface area contributed by atoms with E-state index in [2.05, 4.69) is 45.5 Å². The SMILES string of the molecule is CCOC(=O)C1CCN(C(=NC)NCCCCCc2ccccc2)CC1. The number of likely N-dealkylation sites (tertiary alicyclic amines) is 1. The normalized spacial score (nSPS) is 15.8. The Balaban J connectivity index is 1.60. The second-order valence-corrected chi connectivity index (χ2v) is 6.78. The van der Waals surface area contributed by atoms with Crippen LogP contribution in [0.1, 0.15) is 44.6 Å². The van der Waals surface area contributed by atoms with Gasteiger partial charge in [0.05, 0.1) is 12.5 Å². The standard InChI is InChI=1S/C21H33N3O2/c1-3-26-20(25)19-13-16-24(17-14-19)21(22-2)23-15-9-5-8-12-18-10-6-4-7-11-18/h4,6-7,10-11,19H,3,5,8-9,12-17H2,1-2H3,(H,22,23). The maximum Gasteiger partial charge on any atom is 0.309 e. The third-order valence-corrected chi connectivity index (χ3v) is 4.89. The Morgan fingerprint density at radius 2 is 1.92 bits per heavy atom. The topological polar surface area (TPSA) is 53.9 Å². The van der Waals surface area contributed by atoms with Gasteiger partial charge in [0.15, 0.2) is 5.96 Å². The Hall–Kier alpha value is -2.04. The number of carbonyl (C=O) groups is 1. The fraction of sp³-hybridized carbons (Fsp3) is 0.619. The van der Waals surface area contributed by atoms with Gasteiger partial charge in [0.25, 0.3) is 0 Å². The summed E-state index contributed by atoms with van der Waals surface area (Å²) in [5, 5.41) is 3.47. The number of guanidine groups is 1. The predicted octanol–water partition coefficient (Wildman–Crippen LogP) is 3.25. The Labute approximate surface area is 157 Å². The molecule has 0 aliphatic carbocycles. The van der Waals surface area contributed by atoms with Crippen LogP contribution < -0.4 is 5.32 Å². The summed E-state index contributed by atoms with van der Waals surface area (Å²) in [5.41, 5.74) is 1.42. The van der Waals surface area contributed by atoms with Crippen molar-refractivity contribution in [2.24, 2.45) is 10.9 Å². The number of ether oxygens (including phenoxy) is 1. The molecule has 1 saturated heterocycles. The Bertz CT molecular complexity index is 552. The van der Waals surface area contributed by atoms with E-state index in [1.54, 1.807) is 0 Å². The van der Waals surface area contributed by atoms with E-state index in [9.17, 15) is 4.79 Å². The third-order valence-electron chi connectivity index (χ3n) is 4.89. The van der Waals surface area contributed by atoms with Crippen LogP contribution in [0.25, 0.3) is 0 Å². The molecular weight excluding hydrogens is 326 g/mol. The second-order valence-electron chi connectivity index (χ2n) is 6.78. The van der Waals surface area contributed by atoms with Gasteiger partial charge in [-0.3, -0.25) is 9.79 Å². The summed E-state index contributed by atoms with van der Waals surface area (Å²) < 4.78 is 5.13. The summed E-state index contributed by atoms with van der Waals surface area (Å²) in [6.45, 7) is 4.98. The van der Waals surface area contributed by atoms with E-state index in [1.165, 1.54) is 18.4 Å². The third kappa shape index (κ3) is 6.70. The molecule has 0 radical (unpaired) electrons. The van der Waals surface area contributed by atoms with Gasteiger partial charge >= 0.3 is 5.97 Å². The maximum atomic E-state index is 11.8. The lowest BCUT2D eigenvalue weighted by molar-refractivity contribution is -0.149. The number of piperidine rings is 1. The van der Waals surface area contributed by atoms with Crippen molar-refractivity contribution >= 4 is 11.9 Å². The van der Waals surface area contributed by atoms with E-state index < -0.39 is 0 Å². The van der Waals surface area contributed by atoms with Crippen LogP contribution in [0, 0.1) is 5.92 Å². The molecular formula is C21H33N3O2. The number of nitrogens with one attached hydrogen (secondary N) is 1. The van der Waals surface area contributed by atoms with Crippen LogP contribution in [0.15, 0.2) is 35.3 Å². The van der Waals surface area contributed by atoms with Gasteiger partial charge in [0.1, 0.15) is 0 Å². The van der Waals surface area contributed by atoms with Crippen LogP contribution in [-0.2, 0) is 16.0 Å². The van der Waals surface area contributed by atoms with Crippen molar-refractivity contribution in [3.63, 3.8) is 0 Å². The molecule has 144 valence electrons. The lowest BCUT2D eigenvalue weighted by Gasteiger charge is -2.33. The van der Waals surface area contributed by atoms with E-state index >= 15 is 0 Å². The van der Waals surface area contributed by atoms with Crippen LogP contribution in [-0.4, -0.2) is 50.1 Å². The predicted molar refractivity (Wildman–Crippen MR) is 106 cm³/mol. The molecule has 26 heavy (non-hydrogen) atoms. The lowest BCUT2D eigenvalue weighted by atomic mass is 9.97. The fourth-order valence-corrected chi connectivity index (χ4v) is 3.40. The minimum absolute atomic E-state index is 0.0438. The Morgan fingerprint density at radius 3 is 2.58 bits per heavy atom. The van der Waals surface area contributed by atoms with Gasteiger partial charge in [0.2, 0.25) is 0 Å². The average Bonchev–Trinajstić information content (AvgIpc) is 2.69. The van der Waals surface area contributed by atoms with Gasteiger partial charge in [-0.25, -0.2) is 0 Å². The van der Waals surface area contributed by atoms with Crippen molar-refractivity contribution in [1.82, 2.24) is 10.2 Å². The van der Waals surface area contributed by atoms with E-state index in [0.29, 0.717) is 6.61 Å². The molecule has 0 bridgehead atoms. The first-order valence-electron chi connectivity index (χ1n) is 9.90. The average molecular weight is 360 g/mol. The highest BCUT2D eigenvalue weighted by molar-refractivity contribution is 5.80. The molecule has 1 aliphatic heterocycles. The highest BCUT2D eigenvalue weighted by Gasteiger charge is 2.27. The Kier molecular flexibility index (Phi) is 9.01. The summed E-state index contributed by atoms with van der Waals surface area (Å²) in [7, 11) is 1.83. The largest absolute Gasteiger partial charge is 0.466 e.